The third-order valence-electron chi connectivity index (χ3n) is 3.14. The highest BCUT2D eigenvalue weighted by atomic mass is 32.1. The normalized spacial score (nSPS) is 17.9. The first kappa shape index (κ1) is 12.0. The Hall–Kier alpha value is -0.450. The van der Waals surface area contributed by atoms with Crippen LogP contribution in [0.1, 0.15) is 37.7 Å². The number of hydrogen-bond donors (Lipinski definition) is 1. The summed E-state index contributed by atoms with van der Waals surface area (Å²) in [5.74, 6) is 0. The molecule has 2 rings (SSSR count). The van der Waals surface area contributed by atoms with Gasteiger partial charge in [0, 0.05) is 30.7 Å². The lowest BCUT2D eigenvalue weighted by molar-refractivity contribution is 0.273. The first-order valence-electron chi connectivity index (χ1n) is 6.18. The van der Waals surface area contributed by atoms with E-state index in [1.54, 1.807) is 11.3 Å². The molecule has 1 atom stereocenters. The predicted molar refractivity (Wildman–Crippen MR) is 68.8 cm³/mol. The standard InChI is InChI=1S/C12H21N3S/c1-3-15(11-4-5-11)8-6-13-10(2)12-14-7-9-16-12/h7,9-11,13H,3-6,8H2,1-2H3. The molecule has 1 saturated carbocycles. The van der Waals surface area contributed by atoms with Crippen molar-refractivity contribution in [3.8, 4) is 0 Å². The van der Waals surface area contributed by atoms with Crippen molar-refractivity contribution in [1.29, 1.82) is 0 Å². The minimum atomic E-state index is 0.387. The number of rotatable bonds is 7. The molecule has 1 aliphatic rings. The van der Waals surface area contributed by atoms with Gasteiger partial charge in [-0.1, -0.05) is 6.92 Å². The lowest BCUT2D eigenvalue weighted by atomic mass is 10.3. The molecule has 0 bridgehead atoms. The van der Waals surface area contributed by atoms with Crippen LogP contribution in [-0.2, 0) is 0 Å². The average Bonchev–Trinajstić information content (AvgIpc) is 2.97. The van der Waals surface area contributed by atoms with Crippen LogP contribution in [0.3, 0.4) is 0 Å². The number of nitrogens with zero attached hydrogens (tertiary/aromatic N) is 2. The van der Waals surface area contributed by atoms with E-state index in [-0.39, 0.29) is 0 Å². The number of nitrogens with one attached hydrogen (secondary N) is 1. The van der Waals surface area contributed by atoms with Crippen LogP contribution in [0.5, 0.6) is 0 Å². The largest absolute Gasteiger partial charge is 0.307 e. The summed E-state index contributed by atoms with van der Waals surface area (Å²) in [5.41, 5.74) is 0. The minimum absolute atomic E-state index is 0.387. The maximum atomic E-state index is 4.32. The molecule has 0 amide bonds. The van der Waals surface area contributed by atoms with Gasteiger partial charge in [0.25, 0.3) is 0 Å². The molecule has 1 fully saturated rings. The molecule has 3 nitrogen and oxygen atoms in total. The van der Waals surface area contributed by atoms with Crippen molar-refractivity contribution in [2.24, 2.45) is 0 Å². The summed E-state index contributed by atoms with van der Waals surface area (Å²) in [5, 5.41) is 6.77. The van der Waals surface area contributed by atoms with Crippen LogP contribution >= 0.6 is 11.3 Å². The maximum Gasteiger partial charge on any atom is 0.109 e. The molecule has 1 N–H and O–H groups in total. The van der Waals surface area contributed by atoms with Gasteiger partial charge in [0.15, 0.2) is 0 Å². The number of aromatic nitrogens is 1. The second kappa shape index (κ2) is 5.75. The van der Waals surface area contributed by atoms with E-state index >= 15 is 0 Å². The van der Waals surface area contributed by atoms with Crippen LogP contribution in [0.2, 0.25) is 0 Å². The summed E-state index contributed by atoms with van der Waals surface area (Å²) in [7, 11) is 0. The molecule has 90 valence electrons. The summed E-state index contributed by atoms with van der Waals surface area (Å²) in [6.45, 7) is 7.84. The number of likely N-dealkylation sites (N-methyl/N-ethyl adjacent to an activating group) is 1. The molecule has 1 aromatic heterocycles. The molecule has 16 heavy (non-hydrogen) atoms. The van der Waals surface area contributed by atoms with Gasteiger partial charge >= 0.3 is 0 Å². The van der Waals surface area contributed by atoms with Gasteiger partial charge in [-0.25, -0.2) is 4.98 Å². The summed E-state index contributed by atoms with van der Waals surface area (Å²) in [6, 6.07) is 1.26. The quantitative estimate of drug-likeness (QED) is 0.791. The van der Waals surface area contributed by atoms with Crippen molar-refractivity contribution in [3.63, 3.8) is 0 Å². The highest BCUT2D eigenvalue weighted by molar-refractivity contribution is 7.09. The Morgan fingerprint density at radius 3 is 3.00 bits per heavy atom. The highest BCUT2D eigenvalue weighted by Crippen LogP contribution is 2.26. The second-order valence-corrected chi connectivity index (χ2v) is 5.33. The van der Waals surface area contributed by atoms with Crippen LogP contribution in [0, 0.1) is 0 Å². The zero-order valence-corrected chi connectivity index (χ0v) is 11.0. The Bertz CT molecular complexity index is 295. The topological polar surface area (TPSA) is 28.2 Å². The van der Waals surface area contributed by atoms with Gasteiger partial charge in [-0.15, -0.1) is 11.3 Å². The van der Waals surface area contributed by atoms with Crippen molar-refractivity contribution < 1.29 is 0 Å². The van der Waals surface area contributed by atoms with E-state index in [4.69, 9.17) is 0 Å². The molecule has 1 unspecified atom stereocenters. The van der Waals surface area contributed by atoms with Crippen molar-refractivity contribution in [1.82, 2.24) is 15.2 Å². The minimum Gasteiger partial charge on any atom is -0.307 e. The molecular formula is C12H21N3S. The highest BCUT2D eigenvalue weighted by Gasteiger charge is 2.27. The van der Waals surface area contributed by atoms with Crippen molar-refractivity contribution in [3.05, 3.63) is 16.6 Å². The van der Waals surface area contributed by atoms with Crippen LogP contribution in [0.4, 0.5) is 0 Å². The fourth-order valence-corrected chi connectivity index (χ4v) is 2.67. The van der Waals surface area contributed by atoms with E-state index in [1.165, 1.54) is 24.4 Å². The second-order valence-electron chi connectivity index (χ2n) is 4.41. The Morgan fingerprint density at radius 1 is 1.62 bits per heavy atom. The SMILES string of the molecule is CCN(CCNC(C)c1nccs1)C1CC1. The van der Waals surface area contributed by atoms with E-state index in [2.05, 4.69) is 29.0 Å². The van der Waals surface area contributed by atoms with Gasteiger partial charge in [0.05, 0.1) is 6.04 Å². The number of thiazole rings is 1. The van der Waals surface area contributed by atoms with Gasteiger partial charge < -0.3 is 5.32 Å². The Morgan fingerprint density at radius 2 is 2.44 bits per heavy atom. The van der Waals surface area contributed by atoms with Gasteiger partial charge in [-0.2, -0.15) is 0 Å². The molecule has 1 aliphatic carbocycles. The van der Waals surface area contributed by atoms with E-state index in [1.807, 2.05) is 11.6 Å². The van der Waals surface area contributed by atoms with Crippen molar-refractivity contribution in [2.75, 3.05) is 19.6 Å². The maximum absolute atomic E-state index is 4.32. The molecule has 0 radical (unpaired) electrons. The smallest absolute Gasteiger partial charge is 0.109 e. The van der Waals surface area contributed by atoms with Gasteiger partial charge in [-0.05, 0) is 26.3 Å². The van der Waals surface area contributed by atoms with Crippen LogP contribution in [0.25, 0.3) is 0 Å². The first-order valence-corrected chi connectivity index (χ1v) is 7.06. The Kier molecular flexibility index (Phi) is 4.32. The van der Waals surface area contributed by atoms with Gasteiger partial charge in [-0.3, -0.25) is 4.90 Å². The van der Waals surface area contributed by atoms with Crippen molar-refractivity contribution >= 4 is 11.3 Å². The van der Waals surface area contributed by atoms with E-state index < -0.39 is 0 Å². The lowest BCUT2D eigenvalue weighted by Crippen LogP contribution is -2.34. The number of hydrogen-bond acceptors (Lipinski definition) is 4. The molecule has 0 aromatic carbocycles. The monoisotopic (exact) mass is 239 g/mol. The predicted octanol–water partition coefficient (Wildman–Crippen LogP) is 2.28. The third-order valence-corrected chi connectivity index (χ3v) is 4.10. The molecule has 4 heteroatoms. The van der Waals surface area contributed by atoms with E-state index in [0.717, 1.165) is 19.1 Å². The first-order chi connectivity index (χ1) is 7.81. The van der Waals surface area contributed by atoms with Crippen molar-refractivity contribution in [2.45, 2.75) is 38.8 Å². The van der Waals surface area contributed by atoms with E-state index in [0.29, 0.717) is 6.04 Å². The summed E-state index contributed by atoms with van der Waals surface area (Å²) >= 11 is 1.73. The Labute approximate surface area is 102 Å². The molecule has 1 aromatic rings. The van der Waals surface area contributed by atoms with Crippen LogP contribution < -0.4 is 5.32 Å². The third kappa shape index (κ3) is 3.27. The zero-order valence-electron chi connectivity index (χ0n) is 10.1. The molecule has 0 aliphatic heterocycles. The molecule has 0 saturated heterocycles. The zero-order chi connectivity index (χ0) is 11.4. The molecule has 0 spiro atoms. The molecular weight excluding hydrogens is 218 g/mol. The summed E-state index contributed by atoms with van der Waals surface area (Å²) in [4.78, 5) is 6.89. The van der Waals surface area contributed by atoms with E-state index in [9.17, 15) is 0 Å². The van der Waals surface area contributed by atoms with Gasteiger partial charge in [0.1, 0.15) is 5.01 Å². The average molecular weight is 239 g/mol. The Balaban J connectivity index is 1.67. The fraction of sp³-hybridized carbons (Fsp3) is 0.750. The summed E-state index contributed by atoms with van der Waals surface area (Å²) in [6.07, 6.45) is 4.67. The lowest BCUT2D eigenvalue weighted by Gasteiger charge is -2.21. The fourth-order valence-electron chi connectivity index (χ4n) is 2.00. The molecule has 1 heterocycles. The summed E-state index contributed by atoms with van der Waals surface area (Å²) < 4.78 is 0. The van der Waals surface area contributed by atoms with Gasteiger partial charge in [0.2, 0.25) is 0 Å². The van der Waals surface area contributed by atoms with Crippen LogP contribution in [0.15, 0.2) is 11.6 Å². The van der Waals surface area contributed by atoms with Crippen LogP contribution in [-0.4, -0.2) is 35.6 Å².